The van der Waals surface area contributed by atoms with Gasteiger partial charge in [0.15, 0.2) is 6.61 Å². The van der Waals surface area contributed by atoms with E-state index in [1.54, 1.807) is 12.1 Å². The van der Waals surface area contributed by atoms with Crippen LogP contribution in [0.2, 0.25) is 0 Å². The van der Waals surface area contributed by atoms with Crippen LogP contribution < -0.4 is 10.1 Å². The third-order valence-electron chi connectivity index (χ3n) is 3.92. The third kappa shape index (κ3) is 5.19. The van der Waals surface area contributed by atoms with Crippen molar-refractivity contribution in [3.05, 3.63) is 29.8 Å². The van der Waals surface area contributed by atoms with Gasteiger partial charge in [-0.05, 0) is 19.1 Å². The summed E-state index contributed by atoms with van der Waals surface area (Å²) in [7, 11) is -0.351. The highest BCUT2D eigenvalue weighted by Crippen LogP contribution is 2.17. The molecule has 24 heavy (non-hydrogen) atoms. The Morgan fingerprint density at radius 3 is 2.58 bits per heavy atom. The molecule has 0 radical (unpaired) electrons. The van der Waals surface area contributed by atoms with Crippen molar-refractivity contribution < 1.29 is 22.7 Å². The normalized spacial score (nSPS) is 21.0. The first-order chi connectivity index (χ1) is 11.3. The second kappa shape index (κ2) is 7.96. The number of ether oxygens (including phenoxy) is 2. The molecular formula is C16H24N2O5S. The average Bonchev–Trinajstić information content (AvgIpc) is 2.93. The summed E-state index contributed by atoms with van der Waals surface area (Å²) in [6.07, 6.45) is 0. The fourth-order valence-electron chi connectivity index (χ4n) is 2.37. The molecule has 1 heterocycles. The van der Waals surface area contributed by atoms with E-state index >= 15 is 0 Å². The van der Waals surface area contributed by atoms with Gasteiger partial charge in [0.05, 0.1) is 25.0 Å². The molecule has 0 unspecified atom stereocenters. The summed E-state index contributed by atoms with van der Waals surface area (Å²) in [5, 5.41) is 2.80. The molecular weight excluding hydrogens is 332 g/mol. The van der Waals surface area contributed by atoms with Crippen molar-refractivity contribution in [3.8, 4) is 5.75 Å². The maximum Gasteiger partial charge on any atom is 0.258 e. The van der Waals surface area contributed by atoms with Crippen LogP contribution in [0, 0.1) is 12.8 Å². The smallest absolute Gasteiger partial charge is 0.258 e. The van der Waals surface area contributed by atoms with Gasteiger partial charge in [-0.2, -0.15) is 0 Å². The molecule has 1 aromatic carbocycles. The number of amides is 1. The van der Waals surface area contributed by atoms with Gasteiger partial charge < -0.3 is 14.8 Å². The van der Waals surface area contributed by atoms with Crippen molar-refractivity contribution in [3.63, 3.8) is 0 Å². The lowest BCUT2D eigenvalue weighted by Crippen LogP contribution is -2.45. The molecule has 2 rings (SSSR count). The molecule has 1 fully saturated rings. The lowest BCUT2D eigenvalue weighted by atomic mass is 10.1. The van der Waals surface area contributed by atoms with Crippen LogP contribution in [0.15, 0.2) is 24.3 Å². The Labute approximate surface area is 143 Å². The minimum absolute atomic E-state index is 0.0518. The number of benzene rings is 1. The number of carbonyl (C=O) groups is 1. The Morgan fingerprint density at radius 2 is 1.96 bits per heavy atom. The lowest BCUT2D eigenvalue weighted by molar-refractivity contribution is -0.124. The third-order valence-corrected chi connectivity index (χ3v) is 5.88. The first-order valence-corrected chi connectivity index (χ1v) is 9.35. The number of hydrogen-bond acceptors (Lipinski definition) is 5. The van der Waals surface area contributed by atoms with Gasteiger partial charge in [0.2, 0.25) is 10.0 Å². The molecule has 1 aliphatic rings. The molecule has 1 saturated heterocycles. The molecule has 0 saturated carbocycles. The summed E-state index contributed by atoms with van der Waals surface area (Å²) in [5.41, 5.74) is 1.11. The summed E-state index contributed by atoms with van der Waals surface area (Å²) < 4.78 is 35.9. The maximum absolute atomic E-state index is 12.0. The molecule has 134 valence electrons. The van der Waals surface area contributed by atoms with Crippen LogP contribution in [0.5, 0.6) is 5.75 Å². The molecule has 0 aliphatic carbocycles. The highest BCUT2D eigenvalue weighted by atomic mass is 32.2. The van der Waals surface area contributed by atoms with E-state index in [2.05, 4.69) is 5.32 Å². The molecule has 1 aromatic rings. The Bertz CT molecular complexity index is 658. The van der Waals surface area contributed by atoms with Crippen molar-refractivity contribution in [1.29, 1.82) is 0 Å². The molecule has 1 N–H and O–H groups in total. The molecule has 2 atom stereocenters. The van der Waals surface area contributed by atoms with E-state index in [-0.39, 0.29) is 30.2 Å². The van der Waals surface area contributed by atoms with E-state index in [4.69, 9.17) is 9.47 Å². The summed E-state index contributed by atoms with van der Waals surface area (Å²) in [5.74, 6) is 0.00763. The maximum atomic E-state index is 12.0. The molecule has 1 aliphatic heterocycles. The Balaban J connectivity index is 1.85. The van der Waals surface area contributed by atoms with Gasteiger partial charge in [-0.15, -0.1) is 0 Å². The molecule has 0 spiro atoms. The van der Waals surface area contributed by atoms with Gasteiger partial charge in [0.1, 0.15) is 5.75 Å². The Kier molecular flexibility index (Phi) is 6.20. The quantitative estimate of drug-likeness (QED) is 0.764. The van der Waals surface area contributed by atoms with E-state index < -0.39 is 10.0 Å². The van der Waals surface area contributed by atoms with Crippen LogP contribution in [0.1, 0.15) is 5.56 Å². The largest absolute Gasteiger partial charge is 0.484 e. The minimum atomic E-state index is -3.34. The van der Waals surface area contributed by atoms with Crippen LogP contribution in [-0.2, 0) is 19.6 Å². The van der Waals surface area contributed by atoms with Crippen molar-refractivity contribution in [2.45, 2.75) is 13.0 Å². The SMILES string of the molecule is Cc1ccc(OCC(=O)N[C@@H]2COC[C@H]2CS(=O)(=O)N(C)C)cc1. The van der Waals surface area contributed by atoms with E-state index in [0.717, 1.165) is 5.56 Å². The highest BCUT2D eigenvalue weighted by Gasteiger charge is 2.34. The monoisotopic (exact) mass is 356 g/mol. The Hall–Kier alpha value is -1.64. The number of rotatable bonds is 7. The fourth-order valence-corrected chi connectivity index (χ4v) is 3.54. The zero-order valence-corrected chi connectivity index (χ0v) is 15.0. The van der Waals surface area contributed by atoms with Crippen LogP contribution >= 0.6 is 0 Å². The van der Waals surface area contributed by atoms with Gasteiger partial charge in [-0.3, -0.25) is 4.79 Å². The molecule has 0 aromatic heterocycles. The van der Waals surface area contributed by atoms with E-state index in [9.17, 15) is 13.2 Å². The predicted molar refractivity (Wildman–Crippen MR) is 90.4 cm³/mol. The summed E-state index contributed by atoms with van der Waals surface area (Å²) in [4.78, 5) is 12.0. The minimum Gasteiger partial charge on any atom is -0.484 e. The molecule has 1 amide bonds. The van der Waals surface area contributed by atoms with Gasteiger partial charge in [-0.25, -0.2) is 12.7 Å². The average molecular weight is 356 g/mol. The van der Waals surface area contributed by atoms with E-state index in [1.807, 2.05) is 19.1 Å². The van der Waals surface area contributed by atoms with Crippen molar-refractivity contribution >= 4 is 15.9 Å². The van der Waals surface area contributed by atoms with Crippen molar-refractivity contribution in [1.82, 2.24) is 9.62 Å². The van der Waals surface area contributed by atoms with Gasteiger partial charge in [-0.1, -0.05) is 17.7 Å². The standard InChI is InChI=1S/C16H24N2O5S/c1-12-4-6-14(7-5-12)23-10-16(19)17-15-9-22-8-13(15)11-24(20,21)18(2)3/h4-7,13,15H,8-11H2,1-3H3,(H,17,19)/t13-,15+/m0/s1. The molecule has 8 heteroatoms. The zero-order valence-electron chi connectivity index (χ0n) is 14.2. The number of nitrogens with zero attached hydrogens (tertiary/aromatic N) is 1. The molecule has 0 bridgehead atoms. The van der Waals surface area contributed by atoms with E-state index in [1.165, 1.54) is 18.4 Å². The number of carbonyl (C=O) groups excluding carboxylic acids is 1. The van der Waals surface area contributed by atoms with Gasteiger partial charge in [0, 0.05) is 20.0 Å². The first kappa shape index (κ1) is 18.7. The topological polar surface area (TPSA) is 84.9 Å². The van der Waals surface area contributed by atoms with Crippen LogP contribution in [0.4, 0.5) is 0 Å². The van der Waals surface area contributed by atoms with E-state index in [0.29, 0.717) is 19.0 Å². The summed E-state index contributed by atoms with van der Waals surface area (Å²) >= 11 is 0. The Morgan fingerprint density at radius 1 is 1.29 bits per heavy atom. The number of hydrogen-bond donors (Lipinski definition) is 1. The van der Waals surface area contributed by atoms with Gasteiger partial charge in [0.25, 0.3) is 5.91 Å². The second-order valence-electron chi connectivity index (χ2n) is 6.13. The second-order valence-corrected chi connectivity index (χ2v) is 8.36. The molecule has 7 nitrogen and oxygen atoms in total. The van der Waals surface area contributed by atoms with Crippen molar-refractivity contribution in [2.75, 3.05) is 39.7 Å². The first-order valence-electron chi connectivity index (χ1n) is 7.74. The highest BCUT2D eigenvalue weighted by molar-refractivity contribution is 7.89. The zero-order chi connectivity index (χ0) is 17.7. The van der Waals surface area contributed by atoms with Crippen molar-refractivity contribution in [2.24, 2.45) is 5.92 Å². The van der Waals surface area contributed by atoms with Crippen LogP contribution in [0.25, 0.3) is 0 Å². The van der Waals surface area contributed by atoms with Crippen LogP contribution in [0.3, 0.4) is 0 Å². The lowest BCUT2D eigenvalue weighted by Gasteiger charge is -2.21. The summed E-state index contributed by atoms with van der Waals surface area (Å²) in [6, 6.07) is 7.08. The fraction of sp³-hybridized carbons (Fsp3) is 0.562. The number of sulfonamides is 1. The number of nitrogens with one attached hydrogen (secondary N) is 1. The van der Waals surface area contributed by atoms with Crippen LogP contribution in [-0.4, -0.2) is 64.3 Å². The van der Waals surface area contributed by atoms with Gasteiger partial charge >= 0.3 is 0 Å². The summed E-state index contributed by atoms with van der Waals surface area (Å²) in [6.45, 7) is 2.48. The predicted octanol–water partition coefficient (Wildman–Crippen LogP) is 0.396. The number of aryl methyl sites for hydroxylation is 1.